The van der Waals surface area contributed by atoms with Crippen LogP contribution < -0.4 is 10.6 Å². The summed E-state index contributed by atoms with van der Waals surface area (Å²) in [7, 11) is 1.84. The van der Waals surface area contributed by atoms with Gasteiger partial charge in [-0.05, 0) is 18.2 Å². The molecule has 1 aromatic heterocycles. The second-order valence-electron chi connectivity index (χ2n) is 6.63. The quantitative estimate of drug-likeness (QED) is 0.674. The SMILES string of the molecule is Cn1c(C(=O)NCC(=O)NCCN2CCOCC2)ccc1-c1ccccc1Br. The van der Waals surface area contributed by atoms with Gasteiger partial charge in [0, 0.05) is 49.0 Å². The van der Waals surface area contributed by atoms with Crippen molar-refractivity contribution in [3.05, 3.63) is 46.6 Å². The second-order valence-corrected chi connectivity index (χ2v) is 7.48. The minimum Gasteiger partial charge on any atom is -0.379 e. The maximum atomic E-state index is 12.5. The van der Waals surface area contributed by atoms with Gasteiger partial charge in [-0.25, -0.2) is 0 Å². The van der Waals surface area contributed by atoms with Crippen molar-refractivity contribution in [3.63, 3.8) is 0 Å². The molecular weight excluding hydrogens is 424 g/mol. The van der Waals surface area contributed by atoms with E-state index in [1.165, 1.54) is 0 Å². The van der Waals surface area contributed by atoms with Crippen molar-refractivity contribution in [2.75, 3.05) is 45.9 Å². The number of rotatable bonds is 7. The van der Waals surface area contributed by atoms with E-state index in [-0.39, 0.29) is 18.4 Å². The molecule has 8 heteroatoms. The molecule has 0 spiro atoms. The molecule has 28 heavy (non-hydrogen) atoms. The van der Waals surface area contributed by atoms with E-state index in [9.17, 15) is 9.59 Å². The molecule has 0 saturated carbocycles. The number of ether oxygens (including phenoxy) is 1. The molecule has 2 N–H and O–H groups in total. The van der Waals surface area contributed by atoms with E-state index in [4.69, 9.17) is 4.74 Å². The molecular formula is C20H25BrN4O3. The normalized spacial score (nSPS) is 14.6. The lowest BCUT2D eigenvalue weighted by Gasteiger charge is -2.26. The van der Waals surface area contributed by atoms with Crippen LogP contribution >= 0.6 is 15.9 Å². The second kappa shape index (κ2) is 9.86. The number of halogens is 1. The van der Waals surface area contributed by atoms with Crippen molar-refractivity contribution in [1.29, 1.82) is 0 Å². The molecule has 1 aromatic carbocycles. The monoisotopic (exact) mass is 448 g/mol. The highest BCUT2D eigenvalue weighted by atomic mass is 79.9. The Bertz CT molecular complexity index is 831. The van der Waals surface area contributed by atoms with E-state index in [0.29, 0.717) is 12.2 Å². The molecule has 0 atom stereocenters. The third kappa shape index (κ3) is 5.21. The Morgan fingerprint density at radius 2 is 1.86 bits per heavy atom. The summed E-state index contributed by atoms with van der Waals surface area (Å²) in [5.41, 5.74) is 2.43. The largest absolute Gasteiger partial charge is 0.379 e. The molecule has 2 aromatic rings. The summed E-state index contributed by atoms with van der Waals surface area (Å²) >= 11 is 3.54. The summed E-state index contributed by atoms with van der Waals surface area (Å²) in [6, 6.07) is 11.5. The lowest BCUT2D eigenvalue weighted by molar-refractivity contribution is -0.120. The number of hydrogen-bond acceptors (Lipinski definition) is 4. The van der Waals surface area contributed by atoms with Gasteiger partial charge in [0.05, 0.1) is 19.8 Å². The van der Waals surface area contributed by atoms with Crippen molar-refractivity contribution in [2.24, 2.45) is 7.05 Å². The molecule has 0 bridgehead atoms. The van der Waals surface area contributed by atoms with E-state index >= 15 is 0 Å². The highest BCUT2D eigenvalue weighted by molar-refractivity contribution is 9.10. The van der Waals surface area contributed by atoms with Crippen LogP contribution in [0.15, 0.2) is 40.9 Å². The van der Waals surface area contributed by atoms with Gasteiger partial charge in [-0.3, -0.25) is 14.5 Å². The number of nitrogens with zero attached hydrogens (tertiary/aromatic N) is 2. The zero-order chi connectivity index (χ0) is 19.9. The number of aromatic nitrogens is 1. The van der Waals surface area contributed by atoms with Crippen molar-refractivity contribution in [3.8, 4) is 11.3 Å². The predicted molar refractivity (Wildman–Crippen MR) is 111 cm³/mol. The predicted octanol–water partition coefficient (Wildman–Crippen LogP) is 1.63. The van der Waals surface area contributed by atoms with E-state index in [1.807, 2.05) is 41.9 Å². The van der Waals surface area contributed by atoms with Gasteiger partial charge in [0.1, 0.15) is 5.69 Å². The van der Waals surface area contributed by atoms with Gasteiger partial charge >= 0.3 is 0 Å². The molecule has 1 saturated heterocycles. The van der Waals surface area contributed by atoms with Crippen LogP contribution in [0.4, 0.5) is 0 Å². The molecule has 1 aliphatic heterocycles. The highest BCUT2D eigenvalue weighted by Gasteiger charge is 2.16. The zero-order valence-electron chi connectivity index (χ0n) is 15.9. The Balaban J connectivity index is 1.48. The maximum absolute atomic E-state index is 12.5. The molecule has 1 fully saturated rings. The van der Waals surface area contributed by atoms with Crippen LogP contribution in [0.2, 0.25) is 0 Å². The number of benzene rings is 1. The van der Waals surface area contributed by atoms with Crippen molar-refractivity contribution in [2.45, 2.75) is 0 Å². The number of carbonyl (C=O) groups excluding carboxylic acids is 2. The van der Waals surface area contributed by atoms with Crippen LogP contribution in [0.1, 0.15) is 10.5 Å². The number of nitrogens with one attached hydrogen (secondary N) is 2. The maximum Gasteiger partial charge on any atom is 0.268 e. The fraction of sp³-hybridized carbons (Fsp3) is 0.400. The summed E-state index contributed by atoms with van der Waals surface area (Å²) in [6.45, 7) is 4.56. The van der Waals surface area contributed by atoms with E-state index < -0.39 is 0 Å². The Morgan fingerprint density at radius 3 is 2.61 bits per heavy atom. The molecule has 3 rings (SSSR count). The smallest absolute Gasteiger partial charge is 0.268 e. The van der Waals surface area contributed by atoms with Crippen molar-refractivity contribution < 1.29 is 14.3 Å². The molecule has 1 aliphatic rings. The van der Waals surface area contributed by atoms with Crippen LogP contribution in [0.25, 0.3) is 11.3 Å². The van der Waals surface area contributed by atoms with E-state index in [2.05, 4.69) is 31.5 Å². The lowest BCUT2D eigenvalue weighted by Crippen LogP contribution is -2.43. The average molecular weight is 449 g/mol. The molecule has 0 unspecified atom stereocenters. The van der Waals surface area contributed by atoms with Gasteiger partial charge < -0.3 is 19.9 Å². The average Bonchev–Trinajstić information content (AvgIpc) is 3.08. The standard InChI is InChI=1S/C20H25BrN4O3/c1-24-17(15-4-2-3-5-16(15)21)6-7-18(24)20(27)23-14-19(26)22-8-9-25-10-12-28-13-11-25/h2-7H,8-14H2,1H3,(H,22,26)(H,23,27). The number of carbonyl (C=O) groups is 2. The summed E-state index contributed by atoms with van der Waals surface area (Å²) in [5, 5.41) is 5.53. The Labute approximate surface area is 173 Å². The fourth-order valence-electron chi connectivity index (χ4n) is 3.17. The first-order chi connectivity index (χ1) is 13.6. The molecule has 150 valence electrons. The topological polar surface area (TPSA) is 75.6 Å². The molecule has 0 aliphatic carbocycles. The molecule has 7 nitrogen and oxygen atoms in total. The molecule has 2 amide bonds. The van der Waals surface area contributed by atoms with Gasteiger partial charge in [-0.1, -0.05) is 34.1 Å². The number of morpholine rings is 1. The lowest BCUT2D eigenvalue weighted by atomic mass is 10.1. The van der Waals surface area contributed by atoms with Gasteiger partial charge in [0.15, 0.2) is 0 Å². The highest BCUT2D eigenvalue weighted by Crippen LogP contribution is 2.28. The molecule has 2 heterocycles. The van der Waals surface area contributed by atoms with Crippen molar-refractivity contribution >= 4 is 27.7 Å². The van der Waals surface area contributed by atoms with Crippen molar-refractivity contribution in [1.82, 2.24) is 20.1 Å². The van der Waals surface area contributed by atoms with Crippen LogP contribution in [-0.4, -0.2) is 67.2 Å². The first kappa shape index (κ1) is 20.6. The van der Waals surface area contributed by atoms with Gasteiger partial charge in [0.25, 0.3) is 5.91 Å². The fourth-order valence-corrected chi connectivity index (χ4v) is 3.66. The third-order valence-electron chi connectivity index (χ3n) is 4.77. The van der Waals surface area contributed by atoms with Crippen LogP contribution in [-0.2, 0) is 16.6 Å². The van der Waals surface area contributed by atoms with Crippen LogP contribution in [0, 0.1) is 0 Å². The minimum absolute atomic E-state index is 0.0442. The van der Waals surface area contributed by atoms with Gasteiger partial charge in [-0.2, -0.15) is 0 Å². The molecule has 0 radical (unpaired) electrons. The summed E-state index contributed by atoms with van der Waals surface area (Å²) < 4.78 is 8.09. The number of amides is 2. The van der Waals surface area contributed by atoms with Gasteiger partial charge in [0.2, 0.25) is 5.91 Å². The first-order valence-electron chi connectivity index (χ1n) is 9.32. The van der Waals surface area contributed by atoms with Crippen LogP contribution in [0.5, 0.6) is 0 Å². The van der Waals surface area contributed by atoms with Gasteiger partial charge in [-0.15, -0.1) is 0 Å². The Morgan fingerprint density at radius 1 is 1.11 bits per heavy atom. The third-order valence-corrected chi connectivity index (χ3v) is 5.46. The summed E-state index contributed by atoms with van der Waals surface area (Å²) in [5.74, 6) is -0.467. The Kier molecular flexibility index (Phi) is 7.24. The summed E-state index contributed by atoms with van der Waals surface area (Å²) in [6.07, 6.45) is 0. The zero-order valence-corrected chi connectivity index (χ0v) is 17.5. The van der Waals surface area contributed by atoms with Crippen LogP contribution in [0.3, 0.4) is 0 Å². The first-order valence-corrected chi connectivity index (χ1v) is 10.1. The van der Waals surface area contributed by atoms with E-state index in [0.717, 1.165) is 48.6 Å². The number of hydrogen-bond donors (Lipinski definition) is 2. The Hall–Kier alpha value is -2.16. The minimum atomic E-state index is -0.274. The summed E-state index contributed by atoms with van der Waals surface area (Å²) in [4.78, 5) is 26.7. The van der Waals surface area contributed by atoms with E-state index in [1.54, 1.807) is 6.07 Å².